The number of hydrogen-bond donors (Lipinski definition) is 2. The number of ether oxygens (including phenoxy) is 2. The van der Waals surface area contributed by atoms with Crippen LogP contribution in [-0.2, 0) is 32.7 Å². The number of unbranched alkanes of at least 4 members (excludes halogenated alkanes) is 18. The second-order valence-electron chi connectivity index (χ2n) is 16.2. The maximum atomic E-state index is 12.7. The standard InChI is InChI=1S/C46H84NO9P/c1-5-6-7-8-9-10-11-12-16-20-23-26-29-32-35-38-46(50)56-44(43-55-57(51,52)54-41-39-47(2,3)4)42-53-45(49)37-34-31-28-25-22-19-17-14-13-15-18-21-24-27-30-33-36-40-48/h13,15,17,19,21,24-25,28,44,48H,5-12,14,16,18,20,22-23,26-27,29-43H2,1-4H3/p+1/b15-13-,19-17-,24-21-,28-25-/t44-/m1/s1. The van der Waals surface area contributed by atoms with Gasteiger partial charge in [-0.15, -0.1) is 0 Å². The van der Waals surface area contributed by atoms with Crippen LogP contribution < -0.4 is 0 Å². The SMILES string of the molecule is CCCCCCCCCCCCCCCCCC(=O)O[C@H](COC(=O)CCC/C=C\C/C=C\C/C=C\C/C=C\CCCCCO)COP(=O)(O)OCC[N+](C)(C)C. The van der Waals surface area contributed by atoms with Crippen molar-refractivity contribution < 1.29 is 47.2 Å². The number of likely N-dealkylation sites (N-methyl/N-ethyl adjacent to an activating group) is 1. The quantitative estimate of drug-likeness (QED) is 0.0203. The molecule has 0 aliphatic carbocycles. The van der Waals surface area contributed by atoms with Crippen LogP contribution in [0.5, 0.6) is 0 Å². The minimum Gasteiger partial charge on any atom is -0.462 e. The normalized spacial score (nSPS) is 14.0. The first kappa shape index (κ1) is 54.9. The predicted octanol–water partition coefficient (Wildman–Crippen LogP) is 11.7. The number of nitrogens with zero attached hydrogens (tertiary/aromatic N) is 1. The van der Waals surface area contributed by atoms with Crippen molar-refractivity contribution in [3.05, 3.63) is 48.6 Å². The van der Waals surface area contributed by atoms with Gasteiger partial charge < -0.3 is 24.0 Å². The van der Waals surface area contributed by atoms with Crippen molar-refractivity contribution in [3.8, 4) is 0 Å². The fraction of sp³-hybridized carbons (Fsp3) is 0.783. The Kier molecular flexibility index (Phi) is 38.0. The molecule has 0 saturated heterocycles. The van der Waals surface area contributed by atoms with Crippen LogP contribution in [0, 0.1) is 0 Å². The summed E-state index contributed by atoms with van der Waals surface area (Å²) in [7, 11) is 1.43. The van der Waals surface area contributed by atoms with E-state index in [-0.39, 0.29) is 32.7 Å². The molecule has 0 spiro atoms. The Morgan fingerprint density at radius 2 is 1.04 bits per heavy atom. The molecule has 0 aromatic rings. The molecule has 1 unspecified atom stereocenters. The lowest BCUT2D eigenvalue weighted by Crippen LogP contribution is -2.37. The van der Waals surface area contributed by atoms with E-state index in [0.717, 1.165) is 70.6 Å². The van der Waals surface area contributed by atoms with Gasteiger partial charge in [0.25, 0.3) is 0 Å². The minimum atomic E-state index is -4.39. The molecule has 0 fully saturated rings. The highest BCUT2D eigenvalue weighted by Gasteiger charge is 2.27. The van der Waals surface area contributed by atoms with Gasteiger partial charge in [-0.3, -0.25) is 18.6 Å². The van der Waals surface area contributed by atoms with E-state index in [1.165, 1.54) is 70.6 Å². The van der Waals surface area contributed by atoms with E-state index < -0.39 is 32.5 Å². The summed E-state index contributed by atoms with van der Waals surface area (Å²) in [6.07, 6.45) is 43.2. The number of carbonyl (C=O) groups excluding carboxylic acids is 2. The Labute approximate surface area is 348 Å². The first-order valence-corrected chi connectivity index (χ1v) is 24.0. The van der Waals surface area contributed by atoms with Crippen molar-refractivity contribution >= 4 is 19.8 Å². The number of aliphatic hydroxyl groups excluding tert-OH is 1. The zero-order valence-corrected chi connectivity index (χ0v) is 37.7. The van der Waals surface area contributed by atoms with Crippen LogP contribution in [0.25, 0.3) is 0 Å². The summed E-state index contributed by atoms with van der Waals surface area (Å²) in [6, 6.07) is 0. The van der Waals surface area contributed by atoms with E-state index in [4.69, 9.17) is 23.6 Å². The zero-order chi connectivity index (χ0) is 42.1. The molecule has 10 nitrogen and oxygen atoms in total. The van der Waals surface area contributed by atoms with Crippen molar-refractivity contribution in [2.45, 2.75) is 180 Å². The fourth-order valence-corrected chi connectivity index (χ4v) is 6.61. The number of quaternary nitrogens is 1. The molecule has 2 atom stereocenters. The Morgan fingerprint density at radius 3 is 1.54 bits per heavy atom. The Bertz CT molecular complexity index is 1120. The molecule has 0 aromatic carbocycles. The smallest absolute Gasteiger partial charge is 0.462 e. The summed E-state index contributed by atoms with van der Waals surface area (Å²) >= 11 is 0. The van der Waals surface area contributed by atoms with E-state index in [1.54, 1.807) is 0 Å². The van der Waals surface area contributed by atoms with E-state index in [1.807, 2.05) is 27.2 Å². The molecule has 0 radical (unpaired) electrons. The lowest BCUT2D eigenvalue weighted by Gasteiger charge is -2.24. The van der Waals surface area contributed by atoms with Crippen LogP contribution in [0.2, 0.25) is 0 Å². The summed E-state index contributed by atoms with van der Waals surface area (Å²) in [6.45, 7) is 2.36. The van der Waals surface area contributed by atoms with Gasteiger partial charge in [0.2, 0.25) is 0 Å². The number of phosphoric ester groups is 1. The van der Waals surface area contributed by atoms with Gasteiger partial charge in [-0.25, -0.2) is 4.57 Å². The first-order valence-electron chi connectivity index (χ1n) is 22.5. The highest BCUT2D eigenvalue weighted by molar-refractivity contribution is 7.47. The summed E-state index contributed by atoms with van der Waals surface area (Å²) in [5.74, 6) is -0.876. The third kappa shape index (κ3) is 43.3. The van der Waals surface area contributed by atoms with Crippen LogP contribution in [0.4, 0.5) is 0 Å². The first-order chi connectivity index (χ1) is 27.5. The molecule has 57 heavy (non-hydrogen) atoms. The average Bonchev–Trinajstić information content (AvgIpc) is 3.16. The number of rotatable bonds is 41. The Morgan fingerprint density at radius 1 is 0.579 bits per heavy atom. The highest BCUT2D eigenvalue weighted by Crippen LogP contribution is 2.43. The van der Waals surface area contributed by atoms with Crippen LogP contribution in [0.15, 0.2) is 48.6 Å². The number of hydrogen-bond acceptors (Lipinski definition) is 8. The molecule has 332 valence electrons. The number of allylic oxidation sites excluding steroid dienone is 8. The third-order valence-electron chi connectivity index (χ3n) is 9.42. The summed E-state index contributed by atoms with van der Waals surface area (Å²) in [5, 5.41) is 8.80. The van der Waals surface area contributed by atoms with E-state index >= 15 is 0 Å². The summed E-state index contributed by atoms with van der Waals surface area (Å²) < 4.78 is 34.2. The van der Waals surface area contributed by atoms with Gasteiger partial charge >= 0.3 is 19.8 Å². The third-order valence-corrected chi connectivity index (χ3v) is 10.4. The van der Waals surface area contributed by atoms with Gasteiger partial charge in [0, 0.05) is 19.4 Å². The molecule has 0 amide bonds. The fourth-order valence-electron chi connectivity index (χ4n) is 5.87. The molecule has 0 rings (SSSR count). The van der Waals surface area contributed by atoms with Crippen molar-refractivity contribution in [1.29, 1.82) is 0 Å². The van der Waals surface area contributed by atoms with Crippen molar-refractivity contribution in [2.24, 2.45) is 0 Å². The predicted molar refractivity (Wildman–Crippen MR) is 235 cm³/mol. The minimum absolute atomic E-state index is 0.0185. The summed E-state index contributed by atoms with van der Waals surface area (Å²) in [5.41, 5.74) is 0. The lowest BCUT2D eigenvalue weighted by atomic mass is 10.0. The molecule has 0 saturated carbocycles. The van der Waals surface area contributed by atoms with Crippen molar-refractivity contribution in [2.75, 3.05) is 54.1 Å². The lowest BCUT2D eigenvalue weighted by molar-refractivity contribution is -0.870. The maximum Gasteiger partial charge on any atom is 0.472 e. The second kappa shape index (κ2) is 39.4. The van der Waals surface area contributed by atoms with Gasteiger partial charge in [-0.05, 0) is 57.8 Å². The van der Waals surface area contributed by atoms with E-state index in [0.29, 0.717) is 23.9 Å². The molecular weight excluding hydrogens is 741 g/mol. The Balaban J connectivity index is 4.43. The van der Waals surface area contributed by atoms with Crippen LogP contribution in [-0.4, -0.2) is 86.6 Å². The van der Waals surface area contributed by atoms with Crippen LogP contribution in [0.1, 0.15) is 174 Å². The monoisotopic (exact) mass is 827 g/mol. The highest BCUT2D eigenvalue weighted by atomic mass is 31.2. The molecule has 0 heterocycles. The molecular formula is C46H85NO9P+. The molecule has 2 N–H and O–H groups in total. The van der Waals surface area contributed by atoms with Crippen molar-refractivity contribution in [3.63, 3.8) is 0 Å². The maximum absolute atomic E-state index is 12.7. The van der Waals surface area contributed by atoms with Gasteiger partial charge in [-0.2, -0.15) is 0 Å². The number of esters is 2. The van der Waals surface area contributed by atoms with Crippen LogP contribution >= 0.6 is 7.82 Å². The van der Waals surface area contributed by atoms with Gasteiger partial charge in [-0.1, -0.05) is 152 Å². The number of aliphatic hydroxyl groups is 1. The van der Waals surface area contributed by atoms with E-state index in [2.05, 4.69) is 49.5 Å². The van der Waals surface area contributed by atoms with Gasteiger partial charge in [0.1, 0.15) is 19.8 Å². The molecule has 0 aliphatic heterocycles. The zero-order valence-electron chi connectivity index (χ0n) is 36.8. The van der Waals surface area contributed by atoms with E-state index in [9.17, 15) is 19.0 Å². The Hall–Kier alpha value is -2.07. The molecule has 11 heteroatoms. The van der Waals surface area contributed by atoms with Gasteiger partial charge in [0.15, 0.2) is 6.10 Å². The second-order valence-corrected chi connectivity index (χ2v) is 17.6. The molecule has 0 bridgehead atoms. The van der Waals surface area contributed by atoms with Gasteiger partial charge in [0.05, 0.1) is 27.7 Å². The largest absolute Gasteiger partial charge is 0.472 e. The van der Waals surface area contributed by atoms with Crippen molar-refractivity contribution in [1.82, 2.24) is 0 Å². The summed E-state index contributed by atoms with van der Waals surface area (Å²) in [4.78, 5) is 35.3. The molecule has 0 aliphatic rings. The number of phosphoric acid groups is 1. The van der Waals surface area contributed by atoms with Crippen LogP contribution in [0.3, 0.4) is 0 Å². The molecule has 0 aromatic heterocycles. The topological polar surface area (TPSA) is 129 Å². The average molecular weight is 827 g/mol. The number of carbonyl (C=O) groups is 2.